The molecule has 0 saturated carbocycles. The Morgan fingerprint density at radius 1 is 1.12 bits per heavy atom. The Hall–Kier alpha value is -2.63. The van der Waals surface area contributed by atoms with Gasteiger partial charge >= 0.3 is 0 Å². The Bertz CT molecular complexity index is 1110. The number of nitrogens with one attached hydrogen (secondary N) is 1. The Morgan fingerprint density at radius 3 is 2.69 bits per heavy atom. The Labute approximate surface area is 198 Å². The smallest absolute Gasteiger partial charge is 0.259 e. The SMILES string of the molecule is CCOc1ccc(Cl)cc1C=Nc1sc2c(c1C(=O)Nc1ccccc1)CCCCCC2. The summed E-state index contributed by atoms with van der Waals surface area (Å²) in [6.45, 7) is 2.50. The van der Waals surface area contributed by atoms with Gasteiger partial charge in [-0.15, -0.1) is 11.3 Å². The second kappa shape index (κ2) is 10.8. The van der Waals surface area contributed by atoms with Crippen molar-refractivity contribution in [2.75, 3.05) is 11.9 Å². The molecule has 1 aliphatic rings. The molecule has 0 spiro atoms. The van der Waals surface area contributed by atoms with Gasteiger partial charge in [0.05, 0.1) is 12.2 Å². The molecular weight excluding hydrogens is 440 g/mol. The highest BCUT2D eigenvalue weighted by molar-refractivity contribution is 7.16. The van der Waals surface area contributed by atoms with E-state index < -0.39 is 0 Å². The van der Waals surface area contributed by atoms with Crippen LogP contribution in [0.1, 0.15) is 59.0 Å². The molecule has 1 aliphatic carbocycles. The normalized spacial score (nSPS) is 13.9. The van der Waals surface area contributed by atoms with E-state index in [4.69, 9.17) is 21.3 Å². The lowest BCUT2D eigenvalue weighted by atomic mass is 9.96. The van der Waals surface area contributed by atoms with Crippen molar-refractivity contribution in [1.82, 2.24) is 0 Å². The number of carbonyl (C=O) groups is 1. The van der Waals surface area contributed by atoms with Gasteiger partial charge in [-0.3, -0.25) is 4.79 Å². The van der Waals surface area contributed by atoms with Crippen molar-refractivity contribution in [3.63, 3.8) is 0 Å². The number of ether oxygens (including phenoxy) is 1. The zero-order valence-corrected chi connectivity index (χ0v) is 19.8. The number of thiophene rings is 1. The minimum Gasteiger partial charge on any atom is -0.493 e. The summed E-state index contributed by atoms with van der Waals surface area (Å²) >= 11 is 7.84. The highest BCUT2D eigenvalue weighted by atomic mass is 35.5. The van der Waals surface area contributed by atoms with Gasteiger partial charge in [0.1, 0.15) is 10.8 Å². The Kier molecular flexibility index (Phi) is 7.61. The number of hydrogen-bond acceptors (Lipinski definition) is 4. The van der Waals surface area contributed by atoms with Crippen molar-refractivity contribution in [2.45, 2.75) is 45.4 Å². The number of nitrogens with zero attached hydrogens (tertiary/aromatic N) is 1. The molecule has 0 bridgehead atoms. The Balaban J connectivity index is 1.73. The third-order valence-corrected chi connectivity index (χ3v) is 6.94. The van der Waals surface area contributed by atoms with Gasteiger partial charge in [-0.1, -0.05) is 42.6 Å². The second-order valence-corrected chi connectivity index (χ2v) is 9.31. The van der Waals surface area contributed by atoms with Gasteiger partial charge in [-0.25, -0.2) is 4.99 Å². The van der Waals surface area contributed by atoms with E-state index in [2.05, 4.69) is 5.32 Å². The molecule has 166 valence electrons. The highest BCUT2D eigenvalue weighted by Crippen LogP contribution is 2.39. The van der Waals surface area contributed by atoms with Crippen LogP contribution < -0.4 is 10.1 Å². The zero-order valence-electron chi connectivity index (χ0n) is 18.2. The third kappa shape index (κ3) is 5.40. The summed E-state index contributed by atoms with van der Waals surface area (Å²) in [5, 5.41) is 4.42. The fourth-order valence-corrected chi connectivity index (χ4v) is 5.39. The summed E-state index contributed by atoms with van der Waals surface area (Å²) < 4.78 is 5.73. The fourth-order valence-electron chi connectivity index (χ4n) is 3.98. The Morgan fingerprint density at radius 2 is 1.91 bits per heavy atom. The maximum atomic E-state index is 13.4. The number of halogens is 1. The van der Waals surface area contributed by atoms with Crippen LogP contribution in [0.3, 0.4) is 0 Å². The number of amides is 1. The zero-order chi connectivity index (χ0) is 22.3. The molecule has 0 saturated heterocycles. The van der Waals surface area contributed by atoms with E-state index in [1.54, 1.807) is 23.6 Å². The van der Waals surface area contributed by atoms with E-state index in [1.807, 2.05) is 49.4 Å². The van der Waals surface area contributed by atoms with Crippen molar-refractivity contribution in [3.05, 3.63) is 75.1 Å². The number of fused-ring (bicyclic) bond motifs is 1. The van der Waals surface area contributed by atoms with E-state index in [0.717, 1.165) is 53.2 Å². The molecule has 1 aromatic heterocycles. The quantitative estimate of drug-likeness (QED) is 0.383. The fraction of sp³-hybridized carbons (Fsp3) is 0.308. The van der Waals surface area contributed by atoms with Crippen molar-refractivity contribution in [2.24, 2.45) is 4.99 Å². The number of aryl methyl sites for hydroxylation is 1. The first-order chi connectivity index (χ1) is 15.7. The topological polar surface area (TPSA) is 50.7 Å². The van der Waals surface area contributed by atoms with Crippen LogP contribution in [0.4, 0.5) is 10.7 Å². The number of carbonyl (C=O) groups excluding carboxylic acids is 1. The monoisotopic (exact) mass is 466 g/mol. The first-order valence-corrected chi connectivity index (χ1v) is 12.3. The average molecular weight is 467 g/mol. The highest BCUT2D eigenvalue weighted by Gasteiger charge is 2.24. The molecule has 6 heteroatoms. The van der Waals surface area contributed by atoms with E-state index in [0.29, 0.717) is 17.2 Å². The molecule has 0 atom stereocenters. The van der Waals surface area contributed by atoms with Gasteiger partial charge in [0.25, 0.3) is 5.91 Å². The van der Waals surface area contributed by atoms with Crippen LogP contribution in [0.15, 0.2) is 53.5 Å². The van der Waals surface area contributed by atoms with Gasteiger partial charge in [-0.2, -0.15) is 0 Å². The molecule has 4 nitrogen and oxygen atoms in total. The molecule has 32 heavy (non-hydrogen) atoms. The predicted octanol–water partition coefficient (Wildman–Crippen LogP) is 7.46. The van der Waals surface area contributed by atoms with E-state index >= 15 is 0 Å². The molecule has 0 unspecified atom stereocenters. The minimum atomic E-state index is -0.0995. The lowest BCUT2D eigenvalue weighted by molar-refractivity contribution is 0.102. The van der Waals surface area contributed by atoms with Crippen LogP contribution in [0, 0.1) is 0 Å². The van der Waals surface area contributed by atoms with Crippen LogP contribution in [0.25, 0.3) is 0 Å². The molecule has 1 heterocycles. The summed E-state index contributed by atoms with van der Waals surface area (Å²) in [5.41, 5.74) is 3.44. The van der Waals surface area contributed by atoms with E-state index in [9.17, 15) is 4.79 Å². The lowest BCUT2D eigenvalue weighted by Gasteiger charge is -2.12. The third-order valence-electron chi connectivity index (χ3n) is 5.50. The molecular formula is C26H27ClN2O2S. The predicted molar refractivity (Wildman–Crippen MR) is 134 cm³/mol. The summed E-state index contributed by atoms with van der Waals surface area (Å²) in [7, 11) is 0. The maximum absolute atomic E-state index is 13.4. The standard InChI is InChI=1S/C26H27ClN2O2S/c1-2-31-22-15-14-19(27)16-18(22)17-28-26-24(25(30)29-20-10-6-5-7-11-20)21-12-8-3-4-9-13-23(21)32-26/h5-7,10-11,14-17H,2-4,8-9,12-13H2,1H3,(H,29,30). The van der Waals surface area contributed by atoms with E-state index in [1.165, 1.54) is 17.7 Å². The number of aliphatic imine (C=N–C) groups is 1. The van der Waals surface area contributed by atoms with E-state index in [-0.39, 0.29) is 5.91 Å². The lowest BCUT2D eigenvalue weighted by Crippen LogP contribution is -2.14. The largest absolute Gasteiger partial charge is 0.493 e. The van der Waals surface area contributed by atoms with Crippen molar-refractivity contribution < 1.29 is 9.53 Å². The number of anilines is 1. The molecule has 0 fully saturated rings. The molecule has 1 N–H and O–H groups in total. The summed E-state index contributed by atoms with van der Waals surface area (Å²) in [6, 6.07) is 15.1. The van der Waals surface area contributed by atoms with Gasteiger partial charge < -0.3 is 10.1 Å². The van der Waals surface area contributed by atoms with Crippen molar-refractivity contribution in [1.29, 1.82) is 0 Å². The van der Waals surface area contributed by atoms with Gasteiger partial charge in [0.15, 0.2) is 0 Å². The van der Waals surface area contributed by atoms with Gasteiger partial charge in [0, 0.05) is 27.4 Å². The molecule has 2 aromatic carbocycles. The second-order valence-electron chi connectivity index (χ2n) is 7.79. The molecule has 4 rings (SSSR count). The van der Waals surface area contributed by atoms with Gasteiger partial charge in [-0.05, 0) is 68.5 Å². The number of hydrogen-bond donors (Lipinski definition) is 1. The first kappa shape index (κ1) is 22.6. The van der Waals surface area contributed by atoms with Crippen LogP contribution in [-0.2, 0) is 12.8 Å². The molecule has 3 aromatic rings. The molecule has 0 aliphatic heterocycles. The molecule has 1 amide bonds. The van der Waals surface area contributed by atoms with Crippen LogP contribution in [-0.4, -0.2) is 18.7 Å². The van der Waals surface area contributed by atoms with Crippen LogP contribution in [0.2, 0.25) is 5.02 Å². The van der Waals surface area contributed by atoms with Crippen molar-refractivity contribution >= 4 is 45.7 Å². The minimum absolute atomic E-state index is 0.0995. The number of rotatable bonds is 6. The summed E-state index contributed by atoms with van der Waals surface area (Å²) in [6.07, 6.45) is 8.37. The molecule has 0 radical (unpaired) electrons. The van der Waals surface area contributed by atoms with Crippen LogP contribution >= 0.6 is 22.9 Å². The van der Waals surface area contributed by atoms with Gasteiger partial charge in [0.2, 0.25) is 0 Å². The average Bonchev–Trinajstić information content (AvgIpc) is 3.11. The van der Waals surface area contributed by atoms with Crippen LogP contribution in [0.5, 0.6) is 5.75 Å². The summed E-state index contributed by atoms with van der Waals surface area (Å²) in [5.74, 6) is 0.628. The first-order valence-electron chi connectivity index (χ1n) is 11.1. The maximum Gasteiger partial charge on any atom is 0.259 e. The summed E-state index contributed by atoms with van der Waals surface area (Å²) in [4.78, 5) is 19.4. The number of para-hydroxylation sites is 1. The van der Waals surface area contributed by atoms with Crippen molar-refractivity contribution in [3.8, 4) is 5.75 Å². The number of benzene rings is 2.